The first-order valence-corrected chi connectivity index (χ1v) is 8.76. The van der Waals surface area contributed by atoms with Crippen LogP contribution in [-0.4, -0.2) is 25.0 Å². The number of benzene rings is 2. The number of rotatable bonds is 6. The van der Waals surface area contributed by atoms with Crippen LogP contribution in [0.2, 0.25) is 0 Å². The highest BCUT2D eigenvalue weighted by atomic mass is 79.9. The Hall–Kier alpha value is -2.35. The maximum Gasteiger partial charge on any atom is 0.416 e. The molecule has 0 unspecified atom stereocenters. The van der Waals surface area contributed by atoms with Gasteiger partial charge in [-0.15, -0.1) is 0 Å². The topological polar surface area (TPSA) is 55.4 Å². The molecule has 0 aliphatic carbocycles. The summed E-state index contributed by atoms with van der Waals surface area (Å²) in [6.45, 7) is 0. The largest absolute Gasteiger partial charge is 0.467 e. The molecule has 0 heterocycles. The van der Waals surface area contributed by atoms with Crippen molar-refractivity contribution < 1.29 is 27.5 Å². The highest BCUT2D eigenvalue weighted by molar-refractivity contribution is 9.10. The summed E-state index contributed by atoms with van der Waals surface area (Å²) in [5.41, 5.74) is 0.450. The number of esters is 1. The minimum absolute atomic E-state index is 0.147. The number of hydrogen-bond donors (Lipinski definition) is 1. The summed E-state index contributed by atoms with van der Waals surface area (Å²) in [5.74, 6) is -1.08. The van der Waals surface area contributed by atoms with Crippen LogP contribution in [-0.2, 0) is 33.3 Å². The van der Waals surface area contributed by atoms with E-state index in [-0.39, 0.29) is 12.8 Å². The van der Waals surface area contributed by atoms with E-state index in [1.165, 1.54) is 19.2 Å². The quantitative estimate of drug-likeness (QED) is 0.688. The molecular weight excluding hydrogens is 427 g/mol. The number of alkyl halides is 3. The minimum Gasteiger partial charge on any atom is -0.467 e. The summed E-state index contributed by atoms with van der Waals surface area (Å²) >= 11 is 3.32. The van der Waals surface area contributed by atoms with Crippen molar-refractivity contribution in [2.24, 2.45) is 0 Å². The van der Waals surface area contributed by atoms with Crippen LogP contribution in [0.1, 0.15) is 16.7 Å². The number of ether oxygens (including phenoxy) is 1. The number of amides is 1. The third kappa shape index (κ3) is 6.39. The fourth-order valence-corrected chi connectivity index (χ4v) is 2.70. The van der Waals surface area contributed by atoms with Crippen molar-refractivity contribution in [2.45, 2.75) is 25.1 Å². The van der Waals surface area contributed by atoms with Gasteiger partial charge in [-0.25, -0.2) is 4.79 Å². The Morgan fingerprint density at radius 1 is 1.04 bits per heavy atom. The maximum atomic E-state index is 12.6. The van der Waals surface area contributed by atoms with Gasteiger partial charge >= 0.3 is 12.1 Å². The Kier molecular flexibility index (Phi) is 7.01. The second kappa shape index (κ2) is 9.03. The van der Waals surface area contributed by atoms with Gasteiger partial charge in [0.15, 0.2) is 0 Å². The average molecular weight is 444 g/mol. The number of hydrogen-bond acceptors (Lipinski definition) is 3. The van der Waals surface area contributed by atoms with Crippen LogP contribution in [0.15, 0.2) is 53.0 Å². The zero-order valence-electron chi connectivity index (χ0n) is 14.3. The summed E-state index contributed by atoms with van der Waals surface area (Å²) in [7, 11) is 1.22. The van der Waals surface area contributed by atoms with Gasteiger partial charge < -0.3 is 10.1 Å². The number of nitrogens with one attached hydrogen (secondary N) is 1. The van der Waals surface area contributed by atoms with E-state index < -0.39 is 29.7 Å². The standard InChI is InChI=1S/C19H17BrF3NO3/c1-27-18(26)16(10-12-4-8-15(20)9-5-12)24-17(25)11-13-2-6-14(7-3-13)19(21,22)23/h2-9,16H,10-11H2,1H3,(H,24,25)/t16-/m0/s1. The maximum absolute atomic E-state index is 12.6. The first kappa shape index (κ1) is 21.0. The molecule has 27 heavy (non-hydrogen) atoms. The molecule has 0 bridgehead atoms. The lowest BCUT2D eigenvalue weighted by Gasteiger charge is -2.17. The smallest absolute Gasteiger partial charge is 0.416 e. The van der Waals surface area contributed by atoms with E-state index in [4.69, 9.17) is 4.74 Å². The predicted molar refractivity (Wildman–Crippen MR) is 96.9 cm³/mol. The molecule has 0 saturated carbocycles. The van der Waals surface area contributed by atoms with Gasteiger partial charge in [-0.3, -0.25) is 4.79 Å². The van der Waals surface area contributed by atoms with E-state index in [0.717, 1.165) is 22.2 Å². The summed E-state index contributed by atoms with van der Waals surface area (Å²) in [4.78, 5) is 24.2. The van der Waals surface area contributed by atoms with Crippen molar-refractivity contribution in [1.82, 2.24) is 5.32 Å². The van der Waals surface area contributed by atoms with Gasteiger partial charge in [0.2, 0.25) is 5.91 Å². The molecule has 4 nitrogen and oxygen atoms in total. The molecule has 2 aromatic rings. The van der Waals surface area contributed by atoms with Crippen molar-refractivity contribution in [1.29, 1.82) is 0 Å². The molecule has 2 aromatic carbocycles. The molecule has 2 rings (SSSR count). The molecule has 1 amide bonds. The minimum atomic E-state index is -4.43. The van der Waals surface area contributed by atoms with Gasteiger partial charge in [-0.1, -0.05) is 40.2 Å². The summed E-state index contributed by atoms with van der Waals surface area (Å²) in [6, 6.07) is 10.7. The second-order valence-corrected chi connectivity index (χ2v) is 6.76. The Balaban J connectivity index is 2.02. The van der Waals surface area contributed by atoms with Gasteiger partial charge in [0.25, 0.3) is 0 Å². The summed E-state index contributed by atoms with van der Waals surface area (Å²) in [5, 5.41) is 2.58. The molecule has 0 aliphatic heterocycles. The predicted octanol–water partition coefficient (Wildman–Crippen LogP) is 3.91. The molecule has 0 aromatic heterocycles. The normalized spacial score (nSPS) is 12.3. The van der Waals surface area contributed by atoms with E-state index in [1.54, 1.807) is 0 Å². The molecule has 0 saturated heterocycles. The first-order valence-electron chi connectivity index (χ1n) is 7.97. The lowest BCUT2D eigenvalue weighted by atomic mass is 10.0. The van der Waals surface area contributed by atoms with Crippen LogP contribution in [0, 0.1) is 0 Å². The Labute approximate surface area is 162 Å². The zero-order valence-corrected chi connectivity index (χ0v) is 15.9. The Morgan fingerprint density at radius 3 is 2.11 bits per heavy atom. The highest BCUT2D eigenvalue weighted by Crippen LogP contribution is 2.29. The number of methoxy groups -OCH3 is 1. The van der Waals surface area contributed by atoms with Crippen LogP contribution in [0.3, 0.4) is 0 Å². The van der Waals surface area contributed by atoms with Gasteiger partial charge in [-0.2, -0.15) is 13.2 Å². The lowest BCUT2D eigenvalue weighted by molar-refractivity contribution is -0.145. The van der Waals surface area contributed by atoms with Crippen LogP contribution in [0.25, 0.3) is 0 Å². The molecular formula is C19H17BrF3NO3. The van der Waals surface area contributed by atoms with Gasteiger partial charge in [-0.05, 0) is 35.4 Å². The van der Waals surface area contributed by atoms with Crippen LogP contribution in [0.5, 0.6) is 0 Å². The van der Waals surface area contributed by atoms with E-state index in [1.807, 2.05) is 24.3 Å². The average Bonchev–Trinajstić information content (AvgIpc) is 2.62. The van der Waals surface area contributed by atoms with Gasteiger partial charge in [0.1, 0.15) is 6.04 Å². The fourth-order valence-electron chi connectivity index (χ4n) is 2.43. The molecule has 0 fully saturated rings. The molecule has 0 aliphatic rings. The summed E-state index contributed by atoms with van der Waals surface area (Å²) in [6.07, 6.45) is -4.34. The number of carbonyl (C=O) groups is 2. The third-order valence-electron chi connectivity index (χ3n) is 3.82. The molecule has 0 radical (unpaired) electrons. The van der Waals surface area contributed by atoms with Gasteiger partial charge in [0.05, 0.1) is 19.1 Å². The number of halogens is 4. The van der Waals surface area contributed by atoms with Crippen molar-refractivity contribution in [3.63, 3.8) is 0 Å². The van der Waals surface area contributed by atoms with Crippen molar-refractivity contribution in [3.8, 4) is 0 Å². The first-order chi connectivity index (χ1) is 12.7. The highest BCUT2D eigenvalue weighted by Gasteiger charge is 2.30. The molecule has 1 N–H and O–H groups in total. The fraction of sp³-hybridized carbons (Fsp3) is 0.263. The zero-order chi connectivity index (χ0) is 20.0. The Morgan fingerprint density at radius 2 is 1.59 bits per heavy atom. The second-order valence-electron chi connectivity index (χ2n) is 5.85. The van der Waals surface area contributed by atoms with Crippen molar-refractivity contribution in [2.75, 3.05) is 7.11 Å². The van der Waals surface area contributed by atoms with Crippen LogP contribution in [0.4, 0.5) is 13.2 Å². The van der Waals surface area contributed by atoms with E-state index in [2.05, 4.69) is 21.2 Å². The van der Waals surface area contributed by atoms with Crippen LogP contribution >= 0.6 is 15.9 Å². The third-order valence-corrected chi connectivity index (χ3v) is 4.35. The monoisotopic (exact) mass is 443 g/mol. The van der Waals surface area contributed by atoms with Crippen molar-refractivity contribution >= 4 is 27.8 Å². The van der Waals surface area contributed by atoms with Gasteiger partial charge in [0, 0.05) is 10.9 Å². The SMILES string of the molecule is COC(=O)[C@H](Cc1ccc(Br)cc1)NC(=O)Cc1ccc(C(F)(F)F)cc1. The van der Waals surface area contributed by atoms with E-state index in [9.17, 15) is 22.8 Å². The molecule has 144 valence electrons. The molecule has 0 spiro atoms. The van der Waals surface area contributed by atoms with E-state index >= 15 is 0 Å². The van der Waals surface area contributed by atoms with E-state index in [0.29, 0.717) is 5.56 Å². The van der Waals surface area contributed by atoms with Crippen LogP contribution < -0.4 is 5.32 Å². The summed E-state index contributed by atoms with van der Waals surface area (Å²) < 4.78 is 43.3. The molecule has 1 atom stereocenters. The lowest BCUT2D eigenvalue weighted by Crippen LogP contribution is -2.43. The number of carbonyl (C=O) groups excluding carboxylic acids is 2. The molecule has 8 heteroatoms. The Bertz CT molecular complexity index is 789. The van der Waals surface area contributed by atoms with Crippen molar-refractivity contribution in [3.05, 3.63) is 69.7 Å².